The van der Waals surface area contributed by atoms with Crippen LogP contribution in [0.25, 0.3) is 0 Å². The maximum atomic E-state index is 11.9. The summed E-state index contributed by atoms with van der Waals surface area (Å²) < 4.78 is 24.8. The van der Waals surface area contributed by atoms with Crippen molar-refractivity contribution in [1.82, 2.24) is 4.57 Å². The first-order chi connectivity index (χ1) is 5.61. The minimum Gasteiger partial charge on any atom is -0.422 e. The maximum Gasteiger partial charge on any atom is 0.505 e. The Kier molecular flexibility index (Phi) is 2.83. The van der Waals surface area contributed by atoms with Gasteiger partial charge in [0.25, 0.3) is 6.43 Å². The zero-order chi connectivity index (χ0) is 9.14. The van der Waals surface area contributed by atoms with Crippen molar-refractivity contribution in [3.8, 4) is 0 Å². The summed E-state index contributed by atoms with van der Waals surface area (Å²) in [5.74, 6) is 0. The molecule has 0 fully saturated rings. The van der Waals surface area contributed by atoms with Crippen molar-refractivity contribution in [2.75, 3.05) is 0 Å². The Morgan fingerprint density at radius 1 is 1.50 bits per heavy atom. The summed E-state index contributed by atoms with van der Waals surface area (Å²) in [6.07, 6.45) is -1.11. The van der Waals surface area contributed by atoms with Crippen LogP contribution in [0.15, 0.2) is 18.3 Å². The van der Waals surface area contributed by atoms with Crippen LogP contribution in [-0.4, -0.2) is 28.2 Å². The van der Waals surface area contributed by atoms with Gasteiger partial charge in [0.2, 0.25) is 0 Å². The molecule has 0 saturated heterocycles. The van der Waals surface area contributed by atoms with Gasteiger partial charge >= 0.3 is 7.12 Å². The second-order valence-electron chi connectivity index (χ2n) is 2.35. The zero-order valence-electron chi connectivity index (χ0n) is 6.19. The van der Waals surface area contributed by atoms with Gasteiger partial charge in [-0.25, -0.2) is 8.78 Å². The molecule has 2 N–H and O–H groups in total. The van der Waals surface area contributed by atoms with Gasteiger partial charge in [-0.2, -0.15) is 0 Å². The lowest BCUT2D eigenvalue weighted by Gasteiger charge is -2.06. The van der Waals surface area contributed by atoms with Crippen LogP contribution in [0.3, 0.4) is 0 Å². The quantitative estimate of drug-likeness (QED) is 0.604. The smallest absolute Gasteiger partial charge is 0.422 e. The predicted octanol–water partition coefficient (Wildman–Crippen LogP) is -0.567. The van der Waals surface area contributed by atoms with Crippen LogP contribution in [0.2, 0.25) is 0 Å². The van der Waals surface area contributed by atoms with Gasteiger partial charge in [-0.05, 0) is 12.1 Å². The SMILES string of the molecule is OB(O)c1cccn1CC(F)F. The van der Waals surface area contributed by atoms with Crippen LogP contribution >= 0.6 is 0 Å². The summed E-state index contributed by atoms with van der Waals surface area (Å²) in [6.45, 7) is -0.514. The average Bonchev–Trinajstić information content (AvgIpc) is 2.33. The van der Waals surface area contributed by atoms with E-state index in [0.29, 0.717) is 0 Å². The number of halogens is 2. The fourth-order valence-electron chi connectivity index (χ4n) is 0.977. The van der Waals surface area contributed by atoms with Crippen LogP contribution in [0.5, 0.6) is 0 Å². The molecule has 66 valence electrons. The first kappa shape index (κ1) is 9.21. The third-order valence-corrected chi connectivity index (χ3v) is 1.46. The van der Waals surface area contributed by atoms with E-state index in [1.54, 1.807) is 0 Å². The maximum absolute atomic E-state index is 11.9. The van der Waals surface area contributed by atoms with Gasteiger partial charge in [-0.3, -0.25) is 0 Å². The first-order valence-electron chi connectivity index (χ1n) is 3.40. The van der Waals surface area contributed by atoms with E-state index < -0.39 is 20.1 Å². The molecule has 0 radical (unpaired) electrons. The third-order valence-electron chi connectivity index (χ3n) is 1.46. The summed E-state index contributed by atoms with van der Waals surface area (Å²) >= 11 is 0. The average molecular weight is 175 g/mol. The lowest BCUT2D eigenvalue weighted by Crippen LogP contribution is -2.36. The van der Waals surface area contributed by atoms with Crippen molar-refractivity contribution < 1.29 is 18.8 Å². The van der Waals surface area contributed by atoms with Gasteiger partial charge in [0, 0.05) is 11.8 Å². The summed E-state index contributed by atoms with van der Waals surface area (Å²) in [4.78, 5) is 0. The zero-order valence-corrected chi connectivity index (χ0v) is 6.19. The molecule has 0 saturated carbocycles. The van der Waals surface area contributed by atoms with E-state index in [9.17, 15) is 8.78 Å². The number of alkyl halides is 2. The molecule has 1 heterocycles. The van der Waals surface area contributed by atoms with Crippen LogP contribution in [-0.2, 0) is 6.54 Å². The van der Waals surface area contributed by atoms with E-state index in [1.807, 2.05) is 0 Å². The lowest BCUT2D eigenvalue weighted by atomic mass is 9.86. The number of aromatic nitrogens is 1. The lowest BCUT2D eigenvalue weighted by molar-refractivity contribution is 0.127. The predicted molar refractivity (Wildman–Crippen MR) is 40.3 cm³/mol. The summed E-state index contributed by atoms with van der Waals surface area (Å²) in [7, 11) is -1.70. The molecular weight excluding hydrogens is 167 g/mol. The molecule has 12 heavy (non-hydrogen) atoms. The molecule has 1 aromatic heterocycles. The molecule has 0 aliphatic rings. The molecule has 6 heteroatoms. The van der Waals surface area contributed by atoms with E-state index in [1.165, 1.54) is 18.3 Å². The van der Waals surface area contributed by atoms with Crippen molar-refractivity contribution in [3.63, 3.8) is 0 Å². The highest BCUT2D eigenvalue weighted by atomic mass is 19.3. The molecule has 0 unspecified atom stereocenters. The van der Waals surface area contributed by atoms with Crippen molar-refractivity contribution in [2.45, 2.75) is 13.0 Å². The van der Waals surface area contributed by atoms with Crippen LogP contribution in [0.1, 0.15) is 0 Å². The Morgan fingerprint density at radius 3 is 2.67 bits per heavy atom. The molecule has 0 spiro atoms. The van der Waals surface area contributed by atoms with Crippen LogP contribution < -0.4 is 5.59 Å². The van der Waals surface area contributed by atoms with E-state index in [4.69, 9.17) is 10.0 Å². The Hall–Kier alpha value is -0.875. The van der Waals surface area contributed by atoms with Crippen molar-refractivity contribution in [2.24, 2.45) is 0 Å². The Morgan fingerprint density at radius 2 is 2.17 bits per heavy atom. The number of hydrogen-bond acceptors (Lipinski definition) is 2. The molecule has 1 aromatic rings. The molecule has 0 aliphatic carbocycles. The minimum atomic E-state index is -2.49. The largest absolute Gasteiger partial charge is 0.505 e. The second kappa shape index (κ2) is 3.69. The van der Waals surface area contributed by atoms with Gasteiger partial charge in [0.15, 0.2) is 0 Å². The first-order valence-corrected chi connectivity index (χ1v) is 3.40. The number of hydrogen-bond donors (Lipinski definition) is 2. The molecule has 3 nitrogen and oxygen atoms in total. The third kappa shape index (κ3) is 2.05. The second-order valence-corrected chi connectivity index (χ2v) is 2.35. The topological polar surface area (TPSA) is 45.4 Å². The summed E-state index contributed by atoms with van der Waals surface area (Å²) in [5.41, 5.74) is 0.0790. The van der Waals surface area contributed by atoms with Gasteiger partial charge < -0.3 is 14.6 Å². The highest BCUT2D eigenvalue weighted by molar-refractivity contribution is 6.57. The number of rotatable bonds is 3. The Balaban J connectivity index is 2.77. The summed E-state index contributed by atoms with van der Waals surface area (Å²) in [5, 5.41) is 17.4. The Labute approximate surface area is 68.4 Å². The van der Waals surface area contributed by atoms with Crippen molar-refractivity contribution in [1.29, 1.82) is 0 Å². The molecule has 1 rings (SSSR count). The van der Waals surface area contributed by atoms with Gasteiger partial charge in [-0.15, -0.1) is 0 Å². The Bertz CT molecular complexity index is 251. The minimum absolute atomic E-state index is 0.0790. The number of nitrogens with zero attached hydrogens (tertiary/aromatic N) is 1. The highest BCUT2D eigenvalue weighted by Gasteiger charge is 2.16. The molecule has 0 aliphatic heterocycles. The van der Waals surface area contributed by atoms with Crippen LogP contribution in [0, 0.1) is 0 Å². The van der Waals surface area contributed by atoms with E-state index in [-0.39, 0.29) is 5.59 Å². The van der Waals surface area contributed by atoms with Crippen molar-refractivity contribution in [3.05, 3.63) is 18.3 Å². The molecule has 0 bridgehead atoms. The van der Waals surface area contributed by atoms with Crippen molar-refractivity contribution >= 4 is 12.7 Å². The van der Waals surface area contributed by atoms with Gasteiger partial charge in [-0.1, -0.05) is 0 Å². The highest BCUT2D eigenvalue weighted by Crippen LogP contribution is 1.97. The standard InChI is InChI=1S/C6H8BF2NO2/c8-6(9)4-10-3-1-2-5(10)7(11)12/h1-3,6,11-12H,4H2. The molecule has 0 amide bonds. The van der Waals surface area contributed by atoms with Crippen LogP contribution in [0.4, 0.5) is 8.78 Å². The van der Waals surface area contributed by atoms with Gasteiger partial charge in [0.05, 0.1) is 6.54 Å². The van der Waals surface area contributed by atoms with E-state index >= 15 is 0 Å². The fraction of sp³-hybridized carbons (Fsp3) is 0.333. The van der Waals surface area contributed by atoms with E-state index in [2.05, 4.69) is 0 Å². The molecular formula is C6H8BF2NO2. The normalized spacial score (nSPS) is 10.8. The summed E-state index contributed by atoms with van der Waals surface area (Å²) in [6, 6.07) is 2.87. The fourth-order valence-corrected chi connectivity index (χ4v) is 0.977. The van der Waals surface area contributed by atoms with Gasteiger partial charge in [0.1, 0.15) is 0 Å². The molecule has 0 aromatic carbocycles. The monoisotopic (exact) mass is 175 g/mol. The molecule has 0 atom stereocenters. The van der Waals surface area contributed by atoms with E-state index in [0.717, 1.165) is 4.57 Å².